The van der Waals surface area contributed by atoms with Crippen LogP contribution in [0, 0.1) is 17.2 Å². The van der Waals surface area contributed by atoms with Crippen molar-refractivity contribution in [1.29, 1.82) is 5.26 Å². The number of rotatable bonds is 6. The van der Waals surface area contributed by atoms with Crippen LogP contribution in [0.1, 0.15) is 5.56 Å². The van der Waals surface area contributed by atoms with E-state index in [0.717, 1.165) is 5.56 Å². The molecule has 0 aliphatic carbocycles. The second-order valence-electron chi connectivity index (χ2n) is 4.31. The van der Waals surface area contributed by atoms with E-state index in [4.69, 9.17) is 16.9 Å². The number of nitrogens with one attached hydrogen (secondary N) is 3. The standard InChI is InChI=1S/C14H15ClN4O3/c1-17-13(21)11(6-16)12(20)8-19-14(22)18-7-9-2-4-10(15)5-3-9/h2-5,11H,7-8H2,1H3,(H,17,21)(H2,18,19,22)/t11-/m1/s1. The highest BCUT2D eigenvalue weighted by molar-refractivity contribution is 6.30. The summed E-state index contributed by atoms with van der Waals surface area (Å²) < 4.78 is 0. The monoisotopic (exact) mass is 322 g/mol. The lowest BCUT2D eigenvalue weighted by atomic mass is 10.1. The van der Waals surface area contributed by atoms with Crippen molar-refractivity contribution in [3.05, 3.63) is 34.9 Å². The number of ketones is 1. The smallest absolute Gasteiger partial charge is 0.315 e. The fourth-order valence-electron chi connectivity index (χ4n) is 1.54. The molecule has 0 fully saturated rings. The molecular formula is C14H15ClN4O3. The van der Waals surface area contributed by atoms with Gasteiger partial charge in [0.15, 0.2) is 11.7 Å². The first-order chi connectivity index (χ1) is 10.5. The summed E-state index contributed by atoms with van der Waals surface area (Å²) in [7, 11) is 1.33. The Morgan fingerprint density at radius 2 is 1.86 bits per heavy atom. The van der Waals surface area contributed by atoms with Crippen LogP contribution in [0.2, 0.25) is 5.02 Å². The molecule has 3 amide bonds. The Bertz CT molecular complexity index is 595. The number of nitriles is 1. The van der Waals surface area contributed by atoms with E-state index < -0.39 is 30.2 Å². The van der Waals surface area contributed by atoms with Crippen molar-refractivity contribution >= 4 is 29.3 Å². The number of hydrogen-bond donors (Lipinski definition) is 3. The fraction of sp³-hybridized carbons (Fsp3) is 0.286. The van der Waals surface area contributed by atoms with Gasteiger partial charge in [-0.2, -0.15) is 5.26 Å². The molecule has 0 aliphatic heterocycles. The van der Waals surface area contributed by atoms with Crippen molar-refractivity contribution in [2.75, 3.05) is 13.6 Å². The zero-order chi connectivity index (χ0) is 16.5. The molecule has 0 heterocycles. The van der Waals surface area contributed by atoms with Crippen molar-refractivity contribution in [1.82, 2.24) is 16.0 Å². The number of benzene rings is 1. The predicted molar refractivity (Wildman–Crippen MR) is 79.9 cm³/mol. The van der Waals surface area contributed by atoms with Crippen LogP contribution in [-0.4, -0.2) is 31.3 Å². The van der Waals surface area contributed by atoms with Crippen LogP contribution in [0.15, 0.2) is 24.3 Å². The molecule has 1 atom stereocenters. The first-order valence-electron chi connectivity index (χ1n) is 6.38. The zero-order valence-electron chi connectivity index (χ0n) is 11.9. The van der Waals surface area contributed by atoms with E-state index in [2.05, 4.69) is 16.0 Å². The molecule has 0 aromatic heterocycles. The Kier molecular flexibility index (Phi) is 6.86. The number of amides is 3. The third kappa shape index (κ3) is 5.42. The first kappa shape index (κ1) is 17.5. The molecule has 0 saturated heterocycles. The van der Waals surface area contributed by atoms with Crippen LogP contribution in [0.5, 0.6) is 0 Å². The van der Waals surface area contributed by atoms with Gasteiger partial charge in [0.25, 0.3) is 0 Å². The second-order valence-corrected chi connectivity index (χ2v) is 4.74. The molecule has 22 heavy (non-hydrogen) atoms. The van der Waals surface area contributed by atoms with Gasteiger partial charge in [0.05, 0.1) is 12.6 Å². The largest absolute Gasteiger partial charge is 0.358 e. The van der Waals surface area contributed by atoms with Crippen LogP contribution < -0.4 is 16.0 Å². The van der Waals surface area contributed by atoms with Gasteiger partial charge in [-0.15, -0.1) is 0 Å². The summed E-state index contributed by atoms with van der Waals surface area (Å²) in [5.41, 5.74) is 0.839. The fourth-order valence-corrected chi connectivity index (χ4v) is 1.66. The van der Waals surface area contributed by atoms with E-state index in [-0.39, 0.29) is 6.54 Å². The van der Waals surface area contributed by atoms with Gasteiger partial charge in [-0.1, -0.05) is 23.7 Å². The summed E-state index contributed by atoms with van der Waals surface area (Å²) in [6.45, 7) is -0.146. The molecule has 0 aliphatic rings. The summed E-state index contributed by atoms with van der Waals surface area (Å²) in [5, 5.41) is 16.4. The Labute approximate surface area is 132 Å². The summed E-state index contributed by atoms with van der Waals surface area (Å²) in [6, 6.07) is 7.92. The molecule has 8 heteroatoms. The minimum absolute atomic E-state index is 0.258. The molecule has 1 rings (SSSR count). The second kappa shape index (κ2) is 8.64. The quantitative estimate of drug-likeness (QED) is 0.666. The number of carbonyl (C=O) groups excluding carboxylic acids is 3. The van der Waals surface area contributed by atoms with Gasteiger partial charge in [-0.3, -0.25) is 9.59 Å². The van der Waals surface area contributed by atoms with E-state index in [1.54, 1.807) is 30.3 Å². The molecule has 3 N–H and O–H groups in total. The average molecular weight is 323 g/mol. The van der Waals surface area contributed by atoms with Gasteiger partial charge in [-0.25, -0.2) is 4.79 Å². The van der Waals surface area contributed by atoms with Crippen LogP contribution in [0.3, 0.4) is 0 Å². The predicted octanol–water partition coefficient (Wildman–Crippen LogP) is 0.594. The van der Waals surface area contributed by atoms with Gasteiger partial charge in [0.2, 0.25) is 5.91 Å². The van der Waals surface area contributed by atoms with Crippen molar-refractivity contribution in [3.63, 3.8) is 0 Å². The number of urea groups is 1. The summed E-state index contributed by atoms with van der Waals surface area (Å²) in [5.74, 6) is -2.80. The normalized spacial score (nSPS) is 11.0. The maximum Gasteiger partial charge on any atom is 0.315 e. The Balaban J connectivity index is 2.39. The number of halogens is 1. The number of carbonyl (C=O) groups is 3. The molecule has 1 aromatic rings. The van der Waals surface area contributed by atoms with Gasteiger partial charge in [-0.05, 0) is 17.7 Å². The Morgan fingerprint density at radius 3 is 2.41 bits per heavy atom. The lowest BCUT2D eigenvalue weighted by molar-refractivity contribution is -0.130. The SMILES string of the molecule is CNC(=O)[C@H](C#N)C(=O)CNC(=O)NCc1ccc(Cl)cc1. The molecule has 0 radical (unpaired) electrons. The van der Waals surface area contributed by atoms with Gasteiger partial charge < -0.3 is 16.0 Å². The molecule has 7 nitrogen and oxygen atoms in total. The molecule has 0 saturated carbocycles. The average Bonchev–Trinajstić information content (AvgIpc) is 2.52. The van der Waals surface area contributed by atoms with Crippen molar-refractivity contribution in [3.8, 4) is 6.07 Å². The highest BCUT2D eigenvalue weighted by atomic mass is 35.5. The van der Waals surface area contributed by atoms with Crippen molar-refractivity contribution < 1.29 is 14.4 Å². The third-order valence-corrected chi connectivity index (χ3v) is 3.00. The molecule has 116 valence electrons. The van der Waals surface area contributed by atoms with Crippen LogP contribution >= 0.6 is 11.6 Å². The third-order valence-electron chi connectivity index (χ3n) is 2.75. The van der Waals surface area contributed by atoms with Crippen LogP contribution in [0.4, 0.5) is 4.79 Å². The van der Waals surface area contributed by atoms with Crippen LogP contribution in [0.25, 0.3) is 0 Å². The van der Waals surface area contributed by atoms with Crippen molar-refractivity contribution in [2.24, 2.45) is 5.92 Å². The van der Waals surface area contributed by atoms with E-state index in [0.29, 0.717) is 5.02 Å². The van der Waals surface area contributed by atoms with Crippen LogP contribution in [-0.2, 0) is 16.1 Å². The molecule has 0 spiro atoms. The van der Waals surface area contributed by atoms with E-state index >= 15 is 0 Å². The highest BCUT2D eigenvalue weighted by Gasteiger charge is 2.25. The number of Topliss-reactive ketones (excluding diaryl/α,β-unsaturated/α-hetero) is 1. The van der Waals surface area contributed by atoms with E-state index in [1.165, 1.54) is 7.05 Å². The maximum absolute atomic E-state index is 11.7. The van der Waals surface area contributed by atoms with Gasteiger partial charge in [0.1, 0.15) is 0 Å². The van der Waals surface area contributed by atoms with Gasteiger partial charge in [0, 0.05) is 18.6 Å². The van der Waals surface area contributed by atoms with Crippen molar-refractivity contribution in [2.45, 2.75) is 6.54 Å². The minimum atomic E-state index is -1.43. The maximum atomic E-state index is 11.7. The summed E-state index contributed by atoms with van der Waals surface area (Å²) >= 11 is 5.74. The molecule has 0 bridgehead atoms. The lowest BCUT2D eigenvalue weighted by Gasteiger charge is -2.09. The highest BCUT2D eigenvalue weighted by Crippen LogP contribution is 2.08. The molecule has 0 unspecified atom stereocenters. The Hall–Kier alpha value is -2.59. The zero-order valence-corrected chi connectivity index (χ0v) is 12.6. The first-order valence-corrected chi connectivity index (χ1v) is 6.75. The summed E-state index contributed by atoms with van der Waals surface area (Å²) in [6.07, 6.45) is 0. The number of hydrogen-bond acceptors (Lipinski definition) is 4. The topological polar surface area (TPSA) is 111 Å². The minimum Gasteiger partial charge on any atom is -0.358 e. The van der Waals surface area contributed by atoms with E-state index in [9.17, 15) is 14.4 Å². The Morgan fingerprint density at radius 1 is 1.23 bits per heavy atom. The lowest BCUT2D eigenvalue weighted by Crippen LogP contribution is -2.42. The molecule has 1 aromatic carbocycles. The summed E-state index contributed by atoms with van der Waals surface area (Å²) in [4.78, 5) is 34.5. The van der Waals surface area contributed by atoms with E-state index in [1.807, 2.05) is 0 Å². The molecular weight excluding hydrogens is 308 g/mol. The number of nitrogens with zero attached hydrogens (tertiary/aromatic N) is 1. The van der Waals surface area contributed by atoms with Gasteiger partial charge >= 0.3 is 6.03 Å².